The number of azo groups is 2. The molecule has 390 valence electrons. The average molecular weight is 1170 g/mol. The molecule has 0 bridgehead atoms. The van der Waals surface area contributed by atoms with Crippen LogP contribution in [0.3, 0.4) is 0 Å². The second kappa shape index (κ2) is 21.8. The summed E-state index contributed by atoms with van der Waals surface area (Å²) in [4.78, 5) is 24.9. The van der Waals surface area contributed by atoms with Crippen LogP contribution in [0.4, 0.5) is 50.1 Å². The van der Waals surface area contributed by atoms with Crippen molar-refractivity contribution in [1.29, 1.82) is 10.5 Å². The number of fused-ring (bicyclic) bond motifs is 1. The number of carbonyl (C=O) groups is 2. The van der Waals surface area contributed by atoms with Crippen LogP contribution >= 0.6 is 34.5 Å². The van der Waals surface area contributed by atoms with Gasteiger partial charge in [0.15, 0.2) is 16.6 Å². The predicted molar refractivity (Wildman–Crippen MR) is 275 cm³/mol. The summed E-state index contributed by atoms with van der Waals surface area (Å²) in [6.45, 7) is 1.38. The SMILES string of the molecule is Cc1c(C#N)c(Nc2ccc(Cl)c(S(=O)(=O)O)c2)nc(Nc2ccc(Cl)c(S(=O)(=O)O)c2)c1N=Nc1sc(N=Nc2cc(S(=O)(=O)O)c3cccc(S(=O)(=O)O)c3c2)c(-c2ccc(NC(=O)CCC(=O)O)cc2)c1C#N. The van der Waals surface area contributed by atoms with Gasteiger partial charge in [-0.3, -0.25) is 27.8 Å². The second-order valence-electron chi connectivity index (χ2n) is 15.5. The zero-order valence-electron chi connectivity index (χ0n) is 37.8. The topological polar surface area (TPSA) is 418 Å². The van der Waals surface area contributed by atoms with Crippen molar-refractivity contribution in [2.75, 3.05) is 16.0 Å². The molecule has 76 heavy (non-hydrogen) atoms. The molecule has 0 aliphatic carbocycles. The zero-order valence-corrected chi connectivity index (χ0v) is 43.4. The van der Waals surface area contributed by atoms with E-state index in [1.807, 2.05) is 12.1 Å². The summed E-state index contributed by atoms with van der Waals surface area (Å²) in [5.74, 6) is -2.42. The monoisotopic (exact) mass is 1170 g/mol. The number of carbonyl (C=O) groups excluding carboxylic acids is 1. The van der Waals surface area contributed by atoms with Gasteiger partial charge in [0, 0.05) is 45.4 Å². The molecular formula is C44H30Cl2N10O15S5. The first kappa shape index (κ1) is 55.9. The van der Waals surface area contributed by atoms with Crippen LogP contribution in [0.1, 0.15) is 29.5 Å². The zero-order chi connectivity index (χ0) is 55.7. The third-order valence-corrected chi connectivity index (χ3v) is 15.9. The maximum atomic E-state index is 12.6. The molecule has 5 aromatic carbocycles. The number of anilines is 5. The highest BCUT2D eigenvalue weighted by molar-refractivity contribution is 7.87. The smallest absolute Gasteiger partial charge is 0.303 e. The lowest BCUT2D eigenvalue weighted by Crippen LogP contribution is -2.13. The van der Waals surface area contributed by atoms with Gasteiger partial charge in [-0.05, 0) is 79.2 Å². The van der Waals surface area contributed by atoms with Gasteiger partial charge in [0.05, 0.1) is 27.7 Å². The number of nitrogens with zero attached hydrogens (tertiary/aromatic N) is 7. The summed E-state index contributed by atoms with van der Waals surface area (Å²) < 4.78 is 138. The molecule has 0 aliphatic rings. The molecule has 0 saturated heterocycles. The fourth-order valence-corrected chi connectivity index (χ4v) is 11.4. The Morgan fingerprint density at radius 1 is 0.618 bits per heavy atom. The number of benzene rings is 5. The number of thiophene rings is 1. The van der Waals surface area contributed by atoms with Crippen LogP contribution in [0.25, 0.3) is 21.9 Å². The Bertz CT molecular complexity index is 4220. The molecule has 0 saturated carbocycles. The Morgan fingerprint density at radius 3 is 1.70 bits per heavy atom. The fourth-order valence-electron chi connectivity index (χ4n) is 7.05. The highest BCUT2D eigenvalue weighted by atomic mass is 35.5. The van der Waals surface area contributed by atoms with Crippen molar-refractivity contribution in [2.24, 2.45) is 20.5 Å². The van der Waals surface area contributed by atoms with Gasteiger partial charge >= 0.3 is 5.97 Å². The number of aliphatic carboxylic acids is 1. The molecule has 0 aliphatic heterocycles. The van der Waals surface area contributed by atoms with Gasteiger partial charge in [0.25, 0.3) is 40.5 Å². The molecule has 0 fully saturated rings. The lowest BCUT2D eigenvalue weighted by Gasteiger charge is -2.16. The normalized spacial score (nSPS) is 12.2. The standard InChI is InChI=1S/C44H30Cl2N10O15S5/c1-21-29(19-47)41(50-24-9-11-31(45)35(16-24)75(66,67)68)52-42(51-25-10-12-32(46)36(17-25)76(69,70)71)40(21)54-55-43-30(20-48)39(22-5-7-23(8-6-22)49-37(57)13-14-38(58)59)44(72-43)56-53-26-15-28-27(34(18-26)74(63,64)65)3-2-4-33(28)73(60,61)62/h2-12,15-18H,13-14H2,1H3,(H,49,57)(H,58,59)(H2,50,51,52)(H,60,61,62)(H,63,64,65)(H,66,67,68)(H,69,70,71). The Hall–Kier alpha value is -7.85. The molecule has 2 aromatic heterocycles. The minimum Gasteiger partial charge on any atom is -0.481 e. The predicted octanol–water partition coefficient (Wildman–Crippen LogP) is 10.4. The summed E-state index contributed by atoms with van der Waals surface area (Å²) in [6.07, 6.45) is -0.812. The van der Waals surface area contributed by atoms with E-state index in [4.69, 9.17) is 28.3 Å². The maximum absolute atomic E-state index is 12.6. The van der Waals surface area contributed by atoms with Gasteiger partial charge in [0.2, 0.25) is 5.91 Å². The average Bonchev–Trinajstić information content (AvgIpc) is 3.69. The number of carboxylic acids is 1. The summed E-state index contributed by atoms with van der Waals surface area (Å²) in [6, 6.07) is 21.4. The molecule has 32 heteroatoms. The van der Waals surface area contributed by atoms with Crippen molar-refractivity contribution in [3.05, 3.63) is 118 Å². The minimum atomic E-state index is -5.10. The summed E-state index contributed by atoms with van der Waals surface area (Å²) >= 11 is 12.7. The van der Waals surface area contributed by atoms with Crippen molar-refractivity contribution in [3.8, 4) is 23.3 Å². The number of hydrogen-bond donors (Lipinski definition) is 8. The van der Waals surface area contributed by atoms with Crippen molar-refractivity contribution < 1.29 is 66.6 Å². The van der Waals surface area contributed by atoms with E-state index < -0.39 is 78.4 Å². The highest BCUT2D eigenvalue weighted by Crippen LogP contribution is 2.49. The van der Waals surface area contributed by atoms with Crippen molar-refractivity contribution in [3.63, 3.8) is 0 Å². The van der Waals surface area contributed by atoms with E-state index >= 15 is 0 Å². The molecule has 25 nitrogen and oxygen atoms in total. The van der Waals surface area contributed by atoms with Gasteiger partial charge in [-0.1, -0.05) is 58.8 Å². The number of aromatic nitrogens is 1. The number of pyridine rings is 1. The Balaban J connectivity index is 1.42. The number of nitrogens with one attached hydrogen (secondary N) is 3. The van der Waals surface area contributed by atoms with Gasteiger partial charge in [0.1, 0.15) is 48.0 Å². The first-order valence-corrected chi connectivity index (χ1v) is 28.0. The van der Waals surface area contributed by atoms with E-state index in [1.165, 1.54) is 43.3 Å². The fraction of sp³-hybridized carbons (Fsp3) is 0.0682. The van der Waals surface area contributed by atoms with Crippen LogP contribution in [0, 0.1) is 29.6 Å². The van der Waals surface area contributed by atoms with E-state index in [9.17, 15) is 72.0 Å². The number of rotatable bonds is 17. The maximum Gasteiger partial charge on any atom is 0.303 e. The van der Waals surface area contributed by atoms with Gasteiger partial charge in [-0.15, -0.1) is 20.5 Å². The third-order valence-electron chi connectivity index (χ3n) is 10.4. The summed E-state index contributed by atoms with van der Waals surface area (Å²) in [5, 5.41) is 53.6. The molecule has 0 spiro atoms. The number of hydrogen-bond acceptors (Lipinski definition) is 20. The minimum absolute atomic E-state index is 0.00872. The van der Waals surface area contributed by atoms with Gasteiger partial charge in [-0.2, -0.15) is 44.2 Å². The lowest BCUT2D eigenvalue weighted by atomic mass is 10.0. The van der Waals surface area contributed by atoms with Crippen LogP contribution < -0.4 is 16.0 Å². The largest absolute Gasteiger partial charge is 0.481 e. The molecule has 8 N–H and O–H groups in total. The van der Waals surface area contributed by atoms with Crippen LogP contribution in [0.5, 0.6) is 0 Å². The Morgan fingerprint density at radius 2 is 1.16 bits per heavy atom. The molecular weight excluding hydrogens is 1140 g/mol. The highest BCUT2D eigenvalue weighted by Gasteiger charge is 2.26. The summed E-state index contributed by atoms with van der Waals surface area (Å²) in [7, 11) is -19.9. The first-order chi connectivity index (χ1) is 35.6. The van der Waals surface area contributed by atoms with E-state index in [2.05, 4.69) is 41.4 Å². The van der Waals surface area contributed by atoms with E-state index in [0.717, 1.165) is 54.6 Å². The molecule has 1 amide bonds. The van der Waals surface area contributed by atoms with Crippen molar-refractivity contribution in [2.45, 2.75) is 39.3 Å². The van der Waals surface area contributed by atoms with Gasteiger partial charge in [-0.25, -0.2) is 4.98 Å². The molecule has 7 aromatic rings. The van der Waals surface area contributed by atoms with Crippen LogP contribution in [-0.4, -0.2) is 73.8 Å². The van der Waals surface area contributed by atoms with Crippen LogP contribution in [-0.2, 0) is 50.1 Å². The molecule has 0 unspecified atom stereocenters. The van der Waals surface area contributed by atoms with Gasteiger partial charge < -0.3 is 21.1 Å². The number of amides is 1. The van der Waals surface area contributed by atoms with Crippen LogP contribution in [0.15, 0.2) is 131 Å². The Labute approximate surface area is 443 Å². The number of carboxylic acid groups (broad SMARTS) is 1. The first-order valence-electron chi connectivity index (χ1n) is 20.6. The van der Waals surface area contributed by atoms with Crippen molar-refractivity contribution >= 4 is 148 Å². The lowest BCUT2D eigenvalue weighted by molar-refractivity contribution is -0.138. The number of nitriles is 2. The Kier molecular flexibility index (Phi) is 16.0. The van der Waals surface area contributed by atoms with E-state index in [-0.39, 0.29) is 105 Å². The summed E-state index contributed by atoms with van der Waals surface area (Å²) in [5.41, 5.74) is -0.906. The molecule has 0 radical (unpaired) electrons. The van der Waals surface area contributed by atoms with E-state index in [0.29, 0.717) is 11.3 Å². The molecule has 0 atom stereocenters. The molecule has 2 heterocycles. The number of halogens is 2. The third kappa shape index (κ3) is 12.6. The van der Waals surface area contributed by atoms with Crippen molar-refractivity contribution in [1.82, 2.24) is 4.98 Å². The van der Waals surface area contributed by atoms with E-state index in [1.54, 1.807) is 0 Å². The van der Waals surface area contributed by atoms with Crippen LogP contribution in [0.2, 0.25) is 10.0 Å². The quantitative estimate of drug-likeness (QED) is 0.0310. The second-order valence-corrected chi connectivity index (χ2v) is 22.9. The molecule has 7 rings (SSSR count).